The number of aryl methyl sites for hydroxylation is 1. The van der Waals surface area contributed by atoms with E-state index in [0.717, 1.165) is 10.3 Å². The van der Waals surface area contributed by atoms with Crippen LogP contribution in [-0.4, -0.2) is 38.5 Å². The lowest BCUT2D eigenvalue weighted by molar-refractivity contribution is 0.143. The summed E-state index contributed by atoms with van der Waals surface area (Å²) >= 11 is 0. The lowest BCUT2D eigenvalue weighted by Crippen LogP contribution is -2.37. The number of rotatable bonds is 4. The summed E-state index contributed by atoms with van der Waals surface area (Å²) in [5.74, 6) is 1.45. The molecule has 1 aliphatic rings. The highest BCUT2D eigenvalue weighted by atomic mass is 16.6. The third-order valence-corrected chi connectivity index (χ3v) is 4.47. The molecule has 9 heteroatoms. The summed E-state index contributed by atoms with van der Waals surface area (Å²) in [5, 5.41) is 0. The molecule has 4 rings (SSSR count). The second-order valence-corrected chi connectivity index (χ2v) is 6.11. The number of imidazole rings is 1. The monoisotopic (exact) mass is 358 g/mol. The summed E-state index contributed by atoms with van der Waals surface area (Å²) in [6, 6.07) is 7.57. The summed E-state index contributed by atoms with van der Waals surface area (Å²) in [6.45, 7) is 0.735. The van der Waals surface area contributed by atoms with Crippen molar-refractivity contribution in [1.82, 2.24) is 18.7 Å². The van der Waals surface area contributed by atoms with Gasteiger partial charge in [-0.05, 0) is 24.3 Å². The molecule has 0 unspecified atom stereocenters. The van der Waals surface area contributed by atoms with Gasteiger partial charge in [-0.3, -0.25) is 18.5 Å². The van der Waals surface area contributed by atoms with E-state index in [9.17, 15) is 9.59 Å². The van der Waals surface area contributed by atoms with Gasteiger partial charge < -0.3 is 14.2 Å². The molecule has 0 amide bonds. The first-order valence-corrected chi connectivity index (χ1v) is 8.09. The number of fused-ring (bicyclic) bond motifs is 3. The van der Waals surface area contributed by atoms with E-state index >= 15 is 0 Å². The van der Waals surface area contributed by atoms with Crippen LogP contribution >= 0.6 is 0 Å². The molecule has 2 aromatic heterocycles. The van der Waals surface area contributed by atoms with Crippen molar-refractivity contribution in [3.05, 3.63) is 45.1 Å². The van der Waals surface area contributed by atoms with Crippen molar-refractivity contribution in [3.63, 3.8) is 0 Å². The fourth-order valence-electron chi connectivity index (χ4n) is 3.02. The molecule has 136 valence electrons. The highest BCUT2D eigenvalue weighted by molar-refractivity contribution is 5.72. The molecule has 0 aliphatic carbocycles. The quantitative estimate of drug-likeness (QED) is 0.666. The number of methoxy groups -OCH3 is 1. The third kappa shape index (κ3) is 2.43. The van der Waals surface area contributed by atoms with Gasteiger partial charge in [0.05, 0.1) is 13.7 Å². The molecule has 0 bridgehead atoms. The van der Waals surface area contributed by atoms with Gasteiger partial charge in [0.1, 0.15) is 18.1 Å². The Morgan fingerprint density at radius 2 is 1.85 bits per heavy atom. The molecule has 3 heterocycles. The number of hydrogen-bond acceptors (Lipinski definition) is 6. The Kier molecular flexibility index (Phi) is 3.71. The first kappa shape index (κ1) is 16.2. The average Bonchev–Trinajstić information content (AvgIpc) is 3.21. The van der Waals surface area contributed by atoms with Crippen LogP contribution in [0.1, 0.15) is 0 Å². The predicted octanol–water partition coefficient (Wildman–Crippen LogP) is 0.282. The zero-order valence-electron chi connectivity index (χ0n) is 14.6. The molecule has 0 saturated carbocycles. The maximum atomic E-state index is 12.5. The van der Waals surface area contributed by atoms with E-state index in [-0.39, 0.29) is 11.7 Å². The molecule has 0 N–H and O–H groups in total. The molecule has 9 nitrogen and oxygen atoms in total. The first-order chi connectivity index (χ1) is 12.5. The van der Waals surface area contributed by atoms with Crippen molar-refractivity contribution in [2.24, 2.45) is 14.1 Å². The van der Waals surface area contributed by atoms with Gasteiger partial charge in [-0.2, -0.15) is 4.98 Å². The third-order valence-electron chi connectivity index (χ3n) is 4.47. The van der Waals surface area contributed by atoms with Crippen LogP contribution in [0.5, 0.6) is 17.5 Å². The fraction of sp³-hybridized carbons (Fsp3) is 0.353. The normalized spacial score (nSPS) is 15.7. The van der Waals surface area contributed by atoms with Gasteiger partial charge in [-0.15, -0.1) is 0 Å². The lowest BCUT2D eigenvalue weighted by Gasteiger charge is -2.12. The van der Waals surface area contributed by atoms with Crippen LogP contribution in [0, 0.1) is 0 Å². The van der Waals surface area contributed by atoms with Crippen LogP contribution in [0.15, 0.2) is 33.9 Å². The largest absolute Gasteiger partial charge is 0.497 e. The molecule has 0 fully saturated rings. The zero-order chi connectivity index (χ0) is 18.4. The van der Waals surface area contributed by atoms with Gasteiger partial charge in [-0.25, -0.2) is 4.79 Å². The average molecular weight is 358 g/mol. The zero-order valence-corrected chi connectivity index (χ0v) is 14.6. The standard InChI is InChI=1S/C17H18N4O5/c1-19-14-13(15(22)20(2)17(19)23)21-8-12(26-16(21)18-14)9-25-11-6-4-10(24-3)5-7-11/h4-7,12H,8-9H2,1-3H3/t12-/m0/s1. The lowest BCUT2D eigenvalue weighted by atomic mass is 10.3. The van der Waals surface area contributed by atoms with E-state index in [4.69, 9.17) is 14.2 Å². The van der Waals surface area contributed by atoms with Crippen LogP contribution in [0.3, 0.4) is 0 Å². The van der Waals surface area contributed by atoms with Gasteiger partial charge >= 0.3 is 5.69 Å². The van der Waals surface area contributed by atoms with Crippen molar-refractivity contribution in [3.8, 4) is 17.5 Å². The number of aromatic nitrogens is 4. The Balaban J connectivity index is 1.56. The second kappa shape index (κ2) is 5.94. The molecule has 1 aliphatic heterocycles. The van der Waals surface area contributed by atoms with E-state index in [2.05, 4.69) is 4.98 Å². The van der Waals surface area contributed by atoms with Crippen LogP contribution in [0.2, 0.25) is 0 Å². The van der Waals surface area contributed by atoms with Gasteiger partial charge in [0.15, 0.2) is 17.3 Å². The first-order valence-electron chi connectivity index (χ1n) is 8.09. The Morgan fingerprint density at radius 1 is 1.15 bits per heavy atom. The summed E-state index contributed by atoms with van der Waals surface area (Å²) < 4.78 is 20.7. The van der Waals surface area contributed by atoms with Crippen LogP contribution in [0.4, 0.5) is 0 Å². The van der Waals surface area contributed by atoms with Gasteiger partial charge in [0, 0.05) is 14.1 Å². The maximum Gasteiger partial charge on any atom is 0.332 e. The minimum atomic E-state index is -0.418. The summed E-state index contributed by atoms with van der Waals surface area (Å²) in [6.07, 6.45) is -0.272. The van der Waals surface area contributed by atoms with Crippen molar-refractivity contribution in [2.75, 3.05) is 13.7 Å². The SMILES string of the molecule is COc1ccc(OC[C@@H]2Cn3c(nc4c3c(=O)n(C)c(=O)n4C)O2)cc1. The van der Waals surface area contributed by atoms with E-state index in [1.54, 1.807) is 18.7 Å². The van der Waals surface area contributed by atoms with Gasteiger partial charge in [-0.1, -0.05) is 0 Å². The molecule has 1 aromatic carbocycles. The molecule has 0 spiro atoms. The second-order valence-electron chi connectivity index (χ2n) is 6.11. The minimum Gasteiger partial charge on any atom is -0.497 e. The van der Waals surface area contributed by atoms with Crippen LogP contribution < -0.4 is 25.5 Å². The number of benzene rings is 1. The Bertz CT molecular complexity index is 1090. The van der Waals surface area contributed by atoms with Crippen molar-refractivity contribution < 1.29 is 14.2 Å². The number of hydrogen-bond donors (Lipinski definition) is 0. The number of ether oxygens (including phenoxy) is 3. The van der Waals surface area contributed by atoms with E-state index in [0.29, 0.717) is 36.1 Å². The highest BCUT2D eigenvalue weighted by Crippen LogP contribution is 2.26. The van der Waals surface area contributed by atoms with Crippen molar-refractivity contribution >= 4 is 11.2 Å². The molecule has 0 saturated heterocycles. The molecular formula is C17H18N4O5. The summed E-state index contributed by atoms with van der Waals surface area (Å²) in [4.78, 5) is 28.8. The molecule has 1 atom stereocenters. The summed E-state index contributed by atoms with van der Waals surface area (Å²) in [5.41, 5.74) is -0.125. The van der Waals surface area contributed by atoms with E-state index in [1.807, 2.05) is 24.3 Å². The van der Waals surface area contributed by atoms with E-state index in [1.165, 1.54) is 11.6 Å². The van der Waals surface area contributed by atoms with E-state index < -0.39 is 5.69 Å². The molecule has 26 heavy (non-hydrogen) atoms. The molecular weight excluding hydrogens is 340 g/mol. The van der Waals surface area contributed by atoms with Crippen molar-refractivity contribution in [2.45, 2.75) is 12.6 Å². The Labute approximate surface area is 148 Å². The van der Waals surface area contributed by atoms with Crippen molar-refractivity contribution in [1.29, 1.82) is 0 Å². The van der Waals surface area contributed by atoms with Gasteiger partial charge in [0.2, 0.25) is 0 Å². The fourth-order valence-corrected chi connectivity index (χ4v) is 3.02. The maximum absolute atomic E-state index is 12.5. The minimum absolute atomic E-state index is 0.272. The topological polar surface area (TPSA) is 89.5 Å². The Hall–Kier alpha value is -3.23. The Morgan fingerprint density at radius 3 is 2.54 bits per heavy atom. The van der Waals surface area contributed by atoms with Crippen LogP contribution in [-0.2, 0) is 20.6 Å². The predicted molar refractivity (Wildman–Crippen MR) is 93.1 cm³/mol. The van der Waals surface area contributed by atoms with Crippen LogP contribution in [0.25, 0.3) is 11.2 Å². The van der Waals surface area contributed by atoms with Gasteiger partial charge in [0.25, 0.3) is 11.6 Å². The summed E-state index contributed by atoms with van der Waals surface area (Å²) in [7, 11) is 4.63. The molecule has 3 aromatic rings. The highest BCUT2D eigenvalue weighted by Gasteiger charge is 2.30. The number of nitrogens with zero attached hydrogens (tertiary/aromatic N) is 4. The smallest absolute Gasteiger partial charge is 0.332 e. The molecule has 0 radical (unpaired) electrons.